The molecule has 5 nitrogen and oxygen atoms in total. The molecule has 0 atom stereocenters. The van der Waals surface area contributed by atoms with Crippen LogP contribution in [0.2, 0.25) is 0 Å². The number of aromatic amines is 1. The third-order valence-corrected chi connectivity index (χ3v) is 4.62. The average molecular weight is 331 g/mol. The van der Waals surface area contributed by atoms with Crippen molar-refractivity contribution in [2.45, 2.75) is 19.5 Å². The second-order valence-corrected chi connectivity index (χ2v) is 6.02. The SMILES string of the molecule is CCOP(OCC)C(F)(F)c1ccc2[nH]c(C(=O)O)cc2c1. The number of carboxylic acid groups (broad SMARTS) is 1. The van der Waals surface area contributed by atoms with Gasteiger partial charge in [0.15, 0.2) is 0 Å². The second-order valence-electron chi connectivity index (χ2n) is 4.42. The molecule has 1 aromatic heterocycles. The van der Waals surface area contributed by atoms with Gasteiger partial charge in [0.05, 0.1) is 13.2 Å². The molecule has 0 bridgehead atoms. The van der Waals surface area contributed by atoms with Crippen LogP contribution in [0.25, 0.3) is 10.9 Å². The summed E-state index contributed by atoms with van der Waals surface area (Å²) >= 11 is 0. The third kappa shape index (κ3) is 3.27. The Labute approximate surface area is 127 Å². The monoisotopic (exact) mass is 331 g/mol. The Kier molecular flexibility index (Phi) is 5.11. The molecular formula is C14H16F2NO4P. The van der Waals surface area contributed by atoms with E-state index in [1.165, 1.54) is 24.3 Å². The minimum absolute atomic E-state index is 0.0488. The molecular weight excluding hydrogens is 315 g/mol. The van der Waals surface area contributed by atoms with Gasteiger partial charge in [-0.15, -0.1) is 0 Å². The lowest BCUT2D eigenvalue weighted by atomic mass is 10.1. The Hall–Kier alpha value is -1.56. The summed E-state index contributed by atoms with van der Waals surface area (Å²) in [5.41, 5.74) is -3.11. The molecule has 0 fully saturated rings. The maximum absolute atomic E-state index is 14.5. The van der Waals surface area contributed by atoms with Gasteiger partial charge in [0, 0.05) is 16.5 Å². The smallest absolute Gasteiger partial charge is 0.352 e. The molecule has 0 aliphatic carbocycles. The maximum atomic E-state index is 14.5. The van der Waals surface area contributed by atoms with Crippen LogP contribution in [0.4, 0.5) is 8.78 Å². The number of hydrogen-bond acceptors (Lipinski definition) is 3. The number of hydrogen-bond donors (Lipinski definition) is 2. The summed E-state index contributed by atoms with van der Waals surface area (Å²) in [5.74, 6) is -1.14. The van der Waals surface area contributed by atoms with E-state index < -0.39 is 20.0 Å². The van der Waals surface area contributed by atoms with Gasteiger partial charge in [-0.05, 0) is 32.0 Å². The summed E-state index contributed by atoms with van der Waals surface area (Å²) < 4.78 is 39.2. The molecule has 0 aliphatic heterocycles. The van der Waals surface area contributed by atoms with Crippen molar-refractivity contribution in [2.24, 2.45) is 0 Å². The van der Waals surface area contributed by atoms with Crippen LogP contribution in [-0.2, 0) is 14.7 Å². The van der Waals surface area contributed by atoms with Crippen LogP contribution in [0.1, 0.15) is 29.9 Å². The molecule has 0 amide bonds. The Morgan fingerprint density at radius 2 is 1.91 bits per heavy atom. The van der Waals surface area contributed by atoms with E-state index in [1.807, 2.05) is 0 Å². The highest BCUT2D eigenvalue weighted by Gasteiger charge is 2.44. The Morgan fingerprint density at radius 3 is 2.45 bits per heavy atom. The number of aromatic nitrogens is 1. The topological polar surface area (TPSA) is 71.5 Å². The van der Waals surface area contributed by atoms with E-state index in [9.17, 15) is 13.6 Å². The van der Waals surface area contributed by atoms with E-state index >= 15 is 0 Å². The molecule has 1 aromatic carbocycles. The van der Waals surface area contributed by atoms with Crippen LogP contribution in [-0.4, -0.2) is 29.3 Å². The Morgan fingerprint density at radius 1 is 1.27 bits per heavy atom. The Bertz CT molecular complexity index is 668. The van der Waals surface area contributed by atoms with Crippen molar-refractivity contribution in [1.82, 2.24) is 4.98 Å². The average Bonchev–Trinajstić information content (AvgIpc) is 2.90. The molecule has 0 spiro atoms. The van der Waals surface area contributed by atoms with E-state index in [4.69, 9.17) is 14.2 Å². The van der Waals surface area contributed by atoms with Crippen molar-refractivity contribution in [2.75, 3.05) is 13.2 Å². The first-order valence-corrected chi connectivity index (χ1v) is 7.88. The van der Waals surface area contributed by atoms with Gasteiger partial charge in [-0.2, -0.15) is 8.78 Å². The molecule has 0 radical (unpaired) electrons. The summed E-state index contributed by atoms with van der Waals surface area (Å²) in [5, 5.41) is 9.33. The van der Waals surface area contributed by atoms with Crippen molar-refractivity contribution in [1.29, 1.82) is 0 Å². The van der Waals surface area contributed by atoms with Crippen molar-refractivity contribution < 1.29 is 27.7 Å². The van der Waals surface area contributed by atoms with E-state index in [2.05, 4.69) is 4.98 Å². The fraction of sp³-hybridized carbons (Fsp3) is 0.357. The van der Waals surface area contributed by atoms with Crippen LogP contribution < -0.4 is 0 Å². The zero-order valence-electron chi connectivity index (χ0n) is 12.1. The van der Waals surface area contributed by atoms with Gasteiger partial charge >= 0.3 is 11.6 Å². The zero-order valence-corrected chi connectivity index (χ0v) is 13.0. The number of nitrogens with one attached hydrogen (secondary N) is 1. The maximum Gasteiger partial charge on any atom is 0.352 e. The Balaban J connectivity index is 2.40. The van der Waals surface area contributed by atoms with Crippen LogP contribution in [0.15, 0.2) is 24.3 Å². The second kappa shape index (κ2) is 6.69. The van der Waals surface area contributed by atoms with Crippen molar-refractivity contribution in [3.05, 3.63) is 35.5 Å². The minimum atomic E-state index is -3.28. The molecule has 1 heterocycles. The van der Waals surface area contributed by atoms with Crippen molar-refractivity contribution in [3.63, 3.8) is 0 Å². The molecule has 0 saturated heterocycles. The quantitative estimate of drug-likeness (QED) is 0.742. The molecule has 0 saturated carbocycles. The highest BCUT2D eigenvalue weighted by atomic mass is 31.2. The van der Waals surface area contributed by atoms with E-state index in [0.717, 1.165) is 0 Å². The predicted octanol–water partition coefficient (Wildman–Crippen LogP) is 4.30. The van der Waals surface area contributed by atoms with Crippen LogP contribution in [0, 0.1) is 0 Å². The summed E-state index contributed by atoms with van der Waals surface area (Å²) in [6.07, 6.45) is 0. The number of alkyl halides is 2. The number of carboxylic acids is 1. The summed E-state index contributed by atoms with van der Waals surface area (Å²) in [6, 6.07) is 5.25. The van der Waals surface area contributed by atoms with Crippen molar-refractivity contribution in [3.8, 4) is 0 Å². The third-order valence-electron chi connectivity index (χ3n) is 2.92. The summed E-state index contributed by atoms with van der Waals surface area (Å²) in [6.45, 7) is 3.49. The molecule has 0 unspecified atom stereocenters. The van der Waals surface area contributed by atoms with E-state index in [1.54, 1.807) is 13.8 Å². The van der Waals surface area contributed by atoms with Crippen LogP contribution >= 0.6 is 8.38 Å². The molecule has 2 aromatic rings. The number of H-pyrrole nitrogens is 1. The van der Waals surface area contributed by atoms with Crippen LogP contribution in [0.5, 0.6) is 0 Å². The van der Waals surface area contributed by atoms with Gasteiger partial charge in [0.1, 0.15) is 5.69 Å². The van der Waals surface area contributed by atoms with Gasteiger partial charge < -0.3 is 19.1 Å². The van der Waals surface area contributed by atoms with Gasteiger partial charge in [0.2, 0.25) is 0 Å². The number of carbonyl (C=O) groups is 1. The normalized spacial score (nSPS) is 12.2. The molecule has 120 valence electrons. The molecule has 2 rings (SSSR count). The number of rotatable bonds is 7. The fourth-order valence-corrected chi connectivity index (χ4v) is 3.19. The lowest BCUT2D eigenvalue weighted by Crippen LogP contribution is -2.14. The number of aromatic carboxylic acids is 1. The standard InChI is InChI=1S/C14H16F2NO4P/c1-3-20-22(21-4-2)14(15,16)10-5-6-11-9(7-10)8-12(17-11)13(18)19/h5-8,17H,3-4H2,1-2H3,(H,18,19). The highest BCUT2D eigenvalue weighted by molar-refractivity contribution is 7.48. The van der Waals surface area contributed by atoms with Gasteiger partial charge in [-0.1, -0.05) is 6.07 Å². The summed E-state index contributed by atoms with van der Waals surface area (Å²) in [7, 11) is -2.40. The lowest BCUT2D eigenvalue weighted by molar-refractivity contribution is 0.0571. The molecule has 2 N–H and O–H groups in total. The summed E-state index contributed by atoms with van der Waals surface area (Å²) in [4.78, 5) is 13.6. The van der Waals surface area contributed by atoms with Gasteiger partial charge in [-0.25, -0.2) is 4.79 Å². The number of fused-ring (bicyclic) bond motifs is 1. The van der Waals surface area contributed by atoms with Gasteiger partial charge in [0.25, 0.3) is 8.38 Å². The van der Waals surface area contributed by atoms with E-state index in [0.29, 0.717) is 10.9 Å². The molecule has 0 aliphatic rings. The first-order valence-electron chi connectivity index (χ1n) is 6.70. The molecule has 22 heavy (non-hydrogen) atoms. The van der Waals surface area contributed by atoms with Gasteiger partial charge in [-0.3, -0.25) is 0 Å². The first kappa shape index (κ1) is 16.8. The van der Waals surface area contributed by atoms with E-state index in [-0.39, 0.29) is 24.5 Å². The van der Waals surface area contributed by atoms with Crippen molar-refractivity contribution >= 4 is 25.2 Å². The highest BCUT2D eigenvalue weighted by Crippen LogP contribution is 2.60. The lowest BCUT2D eigenvalue weighted by Gasteiger charge is -2.25. The minimum Gasteiger partial charge on any atom is -0.477 e. The largest absolute Gasteiger partial charge is 0.477 e. The first-order chi connectivity index (χ1) is 10.4. The predicted molar refractivity (Wildman–Crippen MR) is 79.3 cm³/mol. The number of halogens is 2. The number of benzene rings is 1. The zero-order chi connectivity index (χ0) is 16.3. The molecule has 8 heteroatoms. The fourth-order valence-electron chi connectivity index (χ4n) is 1.97. The van der Waals surface area contributed by atoms with Crippen LogP contribution in [0.3, 0.4) is 0 Å².